The standard InChI is InChI=1S/C21H35N3O7/c1-2-3-4-5-6-7-8-9-10-11-16(25)23-20(22-15-14-19(28)29)21(30)31-24-17(26)12-13-18(24)27/h20,22H,2-15H2,1H3,(H,23,25)(H,28,29). The molecule has 0 radical (unpaired) electrons. The van der Waals surface area contributed by atoms with Crippen molar-refractivity contribution in [1.82, 2.24) is 15.7 Å². The zero-order valence-corrected chi connectivity index (χ0v) is 18.3. The molecule has 1 rings (SSSR count). The molecule has 10 heteroatoms. The lowest BCUT2D eigenvalue weighted by atomic mass is 10.1. The Morgan fingerprint density at radius 2 is 1.48 bits per heavy atom. The number of imide groups is 1. The van der Waals surface area contributed by atoms with Gasteiger partial charge < -0.3 is 15.3 Å². The maximum atomic E-state index is 12.3. The van der Waals surface area contributed by atoms with Crippen molar-refractivity contribution in [2.45, 2.75) is 96.6 Å². The number of carboxylic acid groups (broad SMARTS) is 1. The largest absolute Gasteiger partial charge is 0.481 e. The number of hydrogen-bond donors (Lipinski definition) is 3. The summed E-state index contributed by atoms with van der Waals surface area (Å²) in [5.74, 6) is -3.79. The Kier molecular flexibility index (Phi) is 13.1. The van der Waals surface area contributed by atoms with Gasteiger partial charge in [-0.3, -0.25) is 24.5 Å². The molecule has 10 nitrogen and oxygen atoms in total. The summed E-state index contributed by atoms with van der Waals surface area (Å²) < 4.78 is 0. The molecule has 0 bridgehead atoms. The fourth-order valence-corrected chi connectivity index (χ4v) is 3.15. The molecular formula is C21H35N3O7. The number of unbranched alkanes of at least 4 members (excludes halogenated alkanes) is 8. The number of carbonyl (C=O) groups is 5. The van der Waals surface area contributed by atoms with Crippen molar-refractivity contribution in [2.24, 2.45) is 0 Å². The second kappa shape index (κ2) is 15.3. The molecule has 1 unspecified atom stereocenters. The summed E-state index contributed by atoms with van der Waals surface area (Å²) >= 11 is 0. The number of rotatable bonds is 17. The minimum absolute atomic E-state index is 0.0474. The summed E-state index contributed by atoms with van der Waals surface area (Å²) in [7, 11) is 0. The SMILES string of the molecule is CCCCCCCCCCCC(=O)NC(NCCC(=O)O)C(=O)ON1C(=O)CCC1=O. The normalized spacial score (nSPS) is 14.5. The third-order valence-electron chi connectivity index (χ3n) is 4.92. The molecule has 1 aliphatic heterocycles. The Bertz CT molecular complexity index is 608. The number of nitrogens with zero attached hydrogens (tertiary/aromatic N) is 1. The Balaban J connectivity index is 2.39. The highest BCUT2D eigenvalue weighted by atomic mass is 16.7. The molecule has 1 heterocycles. The predicted octanol–water partition coefficient (Wildman–Crippen LogP) is 2.02. The van der Waals surface area contributed by atoms with Gasteiger partial charge in [-0.15, -0.1) is 5.06 Å². The van der Waals surface area contributed by atoms with Crippen molar-refractivity contribution in [2.75, 3.05) is 6.54 Å². The van der Waals surface area contributed by atoms with Gasteiger partial charge in [-0.2, -0.15) is 0 Å². The first kappa shape index (κ1) is 26.5. The molecule has 0 aliphatic carbocycles. The molecule has 3 N–H and O–H groups in total. The van der Waals surface area contributed by atoms with Crippen molar-refractivity contribution in [3.8, 4) is 0 Å². The average Bonchev–Trinajstić information content (AvgIpc) is 3.03. The van der Waals surface area contributed by atoms with Crippen LogP contribution in [0.1, 0.15) is 90.4 Å². The van der Waals surface area contributed by atoms with Gasteiger partial charge in [0.25, 0.3) is 11.8 Å². The van der Waals surface area contributed by atoms with Crippen LogP contribution in [0.2, 0.25) is 0 Å². The van der Waals surface area contributed by atoms with Crippen molar-refractivity contribution in [3.63, 3.8) is 0 Å². The van der Waals surface area contributed by atoms with E-state index in [1.54, 1.807) is 0 Å². The molecule has 0 spiro atoms. The molecule has 1 fully saturated rings. The van der Waals surface area contributed by atoms with Gasteiger partial charge in [0, 0.05) is 25.8 Å². The average molecular weight is 442 g/mol. The molecule has 0 saturated carbocycles. The van der Waals surface area contributed by atoms with E-state index in [1.807, 2.05) is 0 Å². The lowest BCUT2D eigenvalue weighted by Gasteiger charge is -2.21. The van der Waals surface area contributed by atoms with Crippen LogP contribution in [0.5, 0.6) is 0 Å². The second-order valence-corrected chi connectivity index (χ2v) is 7.67. The van der Waals surface area contributed by atoms with E-state index in [-0.39, 0.29) is 32.2 Å². The van der Waals surface area contributed by atoms with Crippen molar-refractivity contribution >= 4 is 29.7 Å². The second-order valence-electron chi connectivity index (χ2n) is 7.67. The van der Waals surface area contributed by atoms with Gasteiger partial charge in [-0.05, 0) is 6.42 Å². The van der Waals surface area contributed by atoms with Crippen molar-refractivity contribution in [3.05, 3.63) is 0 Å². The first-order chi connectivity index (χ1) is 14.8. The van der Waals surface area contributed by atoms with Crippen LogP contribution in [-0.2, 0) is 28.8 Å². The Morgan fingerprint density at radius 1 is 0.935 bits per heavy atom. The highest BCUT2D eigenvalue weighted by Crippen LogP contribution is 2.13. The number of nitrogens with one attached hydrogen (secondary N) is 2. The Morgan fingerprint density at radius 3 is 2.03 bits per heavy atom. The van der Waals surface area contributed by atoms with Crippen LogP contribution in [0, 0.1) is 0 Å². The van der Waals surface area contributed by atoms with Crippen LogP contribution >= 0.6 is 0 Å². The molecule has 0 aromatic carbocycles. The zero-order chi connectivity index (χ0) is 23.1. The molecule has 1 aliphatic rings. The molecular weight excluding hydrogens is 406 g/mol. The zero-order valence-electron chi connectivity index (χ0n) is 18.3. The number of amides is 3. The summed E-state index contributed by atoms with van der Waals surface area (Å²) in [5, 5.41) is 14.2. The maximum Gasteiger partial charge on any atom is 0.369 e. The van der Waals surface area contributed by atoms with Gasteiger partial charge in [-0.25, -0.2) is 4.79 Å². The van der Waals surface area contributed by atoms with Crippen LogP contribution in [0.3, 0.4) is 0 Å². The van der Waals surface area contributed by atoms with Gasteiger partial charge in [0.1, 0.15) is 0 Å². The van der Waals surface area contributed by atoms with E-state index in [9.17, 15) is 24.0 Å². The molecule has 1 saturated heterocycles. The van der Waals surface area contributed by atoms with Crippen LogP contribution in [0.25, 0.3) is 0 Å². The molecule has 0 aromatic rings. The van der Waals surface area contributed by atoms with E-state index in [0.29, 0.717) is 11.5 Å². The van der Waals surface area contributed by atoms with Crippen LogP contribution in [0.15, 0.2) is 0 Å². The van der Waals surface area contributed by atoms with E-state index >= 15 is 0 Å². The summed E-state index contributed by atoms with van der Waals surface area (Å²) in [4.78, 5) is 63.3. The van der Waals surface area contributed by atoms with E-state index in [4.69, 9.17) is 9.94 Å². The third kappa shape index (κ3) is 11.5. The molecule has 1 atom stereocenters. The number of carbonyl (C=O) groups excluding carboxylic acids is 4. The van der Waals surface area contributed by atoms with Crippen molar-refractivity contribution in [1.29, 1.82) is 0 Å². The number of aliphatic carboxylic acids is 1. The maximum absolute atomic E-state index is 12.3. The lowest BCUT2D eigenvalue weighted by Crippen LogP contribution is -2.53. The third-order valence-corrected chi connectivity index (χ3v) is 4.92. The summed E-state index contributed by atoms with van der Waals surface area (Å²) in [6, 6.07) is 0. The van der Waals surface area contributed by atoms with Crippen LogP contribution in [0.4, 0.5) is 0 Å². The van der Waals surface area contributed by atoms with Gasteiger partial charge in [-0.1, -0.05) is 58.3 Å². The molecule has 31 heavy (non-hydrogen) atoms. The van der Waals surface area contributed by atoms with E-state index in [0.717, 1.165) is 19.3 Å². The van der Waals surface area contributed by atoms with Gasteiger partial charge in [0.2, 0.25) is 5.91 Å². The number of carboxylic acids is 1. The molecule has 0 aromatic heterocycles. The smallest absolute Gasteiger partial charge is 0.369 e. The minimum Gasteiger partial charge on any atom is -0.481 e. The highest BCUT2D eigenvalue weighted by Gasteiger charge is 2.35. The topological polar surface area (TPSA) is 142 Å². The first-order valence-corrected chi connectivity index (χ1v) is 11.2. The van der Waals surface area contributed by atoms with E-state index < -0.39 is 35.8 Å². The highest BCUT2D eigenvalue weighted by molar-refractivity contribution is 6.01. The Hall–Kier alpha value is -2.49. The number of hydrogen-bond acceptors (Lipinski definition) is 7. The minimum atomic E-state index is -1.35. The predicted molar refractivity (Wildman–Crippen MR) is 111 cm³/mol. The van der Waals surface area contributed by atoms with E-state index in [2.05, 4.69) is 17.6 Å². The van der Waals surface area contributed by atoms with Gasteiger partial charge in [0.15, 0.2) is 6.17 Å². The summed E-state index contributed by atoms with van der Waals surface area (Å²) in [6.07, 6.45) is 8.42. The lowest BCUT2D eigenvalue weighted by molar-refractivity contribution is -0.199. The first-order valence-electron chi connectivity index (χ1n) is 11.2. The summed E-state index contributed by atoms with van der Waals surface area (Å²) in [5.41, 5.74) is 0. The quantitative estimate of drug-likeness (QED) is 0.177. The van der Waals surface area contributed by atoms with Gasteiger partial charge >= 0.3 is 11.9 Å². The fourth-order valence-electron chi connectivity index (χ4n) is 3.15. The van der Waals surface area contributed by atoms with Crippen LogP contribution < -0.4 is 10.6 Å². The summed E-state index contributed by atoms with van der Waals surface area (Å²) in [6.45, 7) is 2.08. The fraction of sp³-hybridized carbons (Fsp3) is 0.762. The van der Waals surface area contributed by atoms with Crippen molar-refractivity contribution < 1.29 is 33.9 Å². The Labute approximate surface area is 183 Å². The molecule has 176 valence electrons. The molecule has 3 amide bonds. The van der Waals surface area contributed by atoms with Gasteiger partial charge in [0.05, 0.1) is 6.42 Å². The van der Waals surface area contributed by atoms with Crippen LogP contribution in [-0.4, -0.2) is 52.5 Å². The van der Waals surface area contributed by atoms with E-state index in [1.165, 1.54) is 32.1 Å². The monoisotopic (exact) mass is 441 g/mol. The number of hydroxylamine groups is 2.